The largest absolute Gasteiger partial charge is 0.508 e. The van der Waals surface area contributed by atoms with E-state index < -0.39 is 0 Å². The number of likely N-dealkylation sites (tertiary alicyclic amines) is 1. The number of rotatable bonds is 3. The van der Waals surface area contributed by atoms with Crippen molar-refractivity contribution in [2.24, 2.45) is 0 Å². The van der Waals surface area contributed by atoms with Crippen LogP contribution in [0.15, 0.2) is 24.3 Å². The van der Waals surface area contributed by atoms with E-state index >= 15 is 0 Å². The molecule has 4 heteroatoms. The average molecular weight is 258 g/mol. The molecule has 0 spiro atoms. The third-order valence-corrected chi connectivity index (χ3v) is 3.26. The Labute approximate surface area is 108 Å². The molecule has 1 atom stereocenters. The summed E-state index contributed by atoms with van der Waals surface area (Å²) in [4.78, 5) is 2.29. The van der Waals surface area contributed by atoms with Crippen molar-refractivity contribution in [3.8, 4) is 5.75 Å². The number of hydrogen-bond acceptors (Lipinski definition) is 3. The maximum Gasteiger partial charge on any atom is 0.115 e. The lowest BCUT2D eigenvalue weighted by molar-refractivity contribution is 0.161. The number of piperidine rings is 1. The monoisotopic (exact) mass is 257 g/mol. The van der Waals surface area contributed by atoms with Crippen LogP contribution in [0.25, 0.3) is 0 Å². The summed E-state index contributed by atoms with van der Waals surface area (Å²) in [6, 6.07) is 7.54. The predicted octanol–water partition coefficient (Wildman–Crippen LogP) is 1.99. The SMILES string of the molecule is Cl.OCCN1CCCC(c2cccc(O)c2)C1. The lowest BCUT2D eigenvalue weighted by Gasteiger charge is -2.32. The molecular formula is C13H20ClNO2. The van der Waals surface area contributed by atoms with Gasteiger partial charge in [0.25, 0.3) is 0 Å². The van der Waals surface area contributed by atoms with Gasteiger partial charge < -0.3 is 15.1 Å². The molecule has 1 aliphatic rings. The lowest BCUT2D eigenvalue weighted by Crippen LogP contribution is -2.36. The zero-order valence-electron chi connectivity index (χ0n) is 9.88. The first-order valence-corrected chi connectivity index (χ1v) is 5.92. The fraction of sp³-hybridized carbons (Fsp3) is 0.538. The van der Waals surface area contributed by atoms with Gasteiger partial charge in [0.2, 0.25) is 0 Å². The second-order valence-electron chi connectivity index (χ2n) is 4.46. The van der Waals surface area contributed by atoms with Crippen molar-refractivity contribution in [2.45, 2.75) is 18.8 Å². The molecule has 0 radical (unpaired) electrons. The molecule has 17 heavy (non-hydrogen) atoms. The number of benzene rings is 1. The molecule has 1 unspecified atom stereocenters. The molecule has 0 amide bonds. The van der Waals surface area contributed by atoms with E-state index in [1.54, 1.807) is 6.07 Å². The van der Waals surface area contributed by atoms with Crippen molar-refractivity contribution in [1.82, 2.24) is 4.90 Å². The van der Waals surface area contributed by atoms with Gasteiger partial charge >= 0.3 is 0 Å². The Morgan fingerprint density at radius 3 is 2.88 bits per heavy atom. The highest BCUT2D eigenvalue weighted by atomic mass is 35.5. The van der Waals surface area contributed by atoms with Gasteiger partial charge in [-0.15, -0.1) is 12.4 Å². The Hall–Kier alpha value is -0.770. The summed E-state index contributed by atoms with van der Waals surface area (Å²) in [5, 5.41) is 18.4. The number of nitrogens with zero attached hydrogens (tertiary/aromatic N) is 1. The van der Waals surface area contributed by atoms with Gasteiger partial charge in [0, 0.05) is 13.1 Å². The van der Waals surface area contributed by atoms with Crippen LogP contribution in [-0.2, 0) is 0 Å². The van der Waals surface area contributed by atoms with Crippen molar-refractivity contribution < 1.29 is 10.2 Å². The summed E-state index contributed by atoms with van der Waals surface area (Å²) >= 11 is 0. The molecule has 1 aliphatic heterocycles. The van der Waals surface area contributed by atoms with Gasteiger partial charge in [-0.2, -0.15) is 0 Å². The molecule has 2 N–H and O–H groups in total. The van der Waals surface area contributed by atoms with E-state index in [4.69, 9.17) is 5.11 Å². The molecule has 1 aromatic rings. The highest BCUT2D eigenvalue weighted by Gasteiger charge is 2.20. The van der Waals surface area contributed by atoms with Crippen LogP contribution in [0.5, 0.6) is 5.75 Å². The number of aromatic hydroxyl groups is 1. The third-order valence-electron chi connectivity index (χ3n) is 3.26. The van der Waals surface area contributed by atoms with E-state index in [0.29, 0.717) is 11.7 Å². The molecule has 2 rings (SSSR count). The van der Waals surface area contributed by atoms with Crippen LogP contribution in [0.1, 0.15) is 24.3 Å². The minimum absolute atomic E-state index is 0. The van der Waals surface area contributed by atoms with Gasteiger partial charge in [-0.1, -0.05) is 12.1 Å². The highest BCUT2D eigenvalue weighted by molar-refractivity contribution is 5.85. The maximum atomic E-state index is 9.46. The normalized spacial score (nSPS) is 20.9. The molecule has 3 nitrogen and oxygen atoms in total. The van der Waals surface area contributed by atoms with Gasteiger partial charge in [-0.05, 0) is 43.0 Å². The minimum atomic E-state index is 0. The van der Waals surface area contributed by atoms with Gasteiger partial charge in [-0.3, -0.25) is 0 Å². The molecule has 96 valence electrons. The van der Waals surface area contributed by atoms with Crippen molar-refractivity contribution in [3.05, 3.63) is 29.8 Å². The Balaban J connectivity index is 0.00000144. The number of phenols is 1. The number of hydrogen-bond donors (Lipinski definition) is 2. The maximum absolute atomic E-state index is 9.46. The number of aliphatic hydroxyl groups excluding tert-OH is 1. The molecule has 1 heterocycles. The standard InChI is InChI=1S/C13H19NO2.ClH/c15-8-7-14-6-2-4-12(10-14)11-3-1-5-13(16)9-11;/h1,3,5,9,12,15-16H,2,4,6-8,10H2;1H. The number of β-amino-alcohol motifs (C(OH)–C–C–N with tert-alkyl or cyclic N) is 1. The molecule has 0 bridgehead atoms. The fourth-order valence-corrected chi connectivity index (χ4v) is 2.45. The minimum Gasteiger partial charge on any atom is -0.508 e. The molecular weight excluding hydrogens is 238 g/mol. The van der Waals surface area contributed by atoms with Crippen LogP contribution < -0.4 is 0 Å². The topological polar surface area (TPSA) is 43.7 Å². The Bertz CT molecular complexity index is 344. The Kier molecular flexibility index (Phi) is 5.75. The summed E-state index contributed by atoms with van der Waals surface area (Å²) in [5.41, 5.74) is 1.21. The summed E-state index contributed by atoms with van der Waals surface area (Å²) < 4.78 is 0. The van der Waals surface area contributed by atoms with Gasteiger partial charge in [0.05, 0.1) is 6.61 Å². The zero-order valence-corrected chi connectivity index (χ0v) is 10.7. The van der Waals surface area contributed by atoms with Crippen molar-refractivity contribution in [1.29, 1.82) is 0 Å². The van der Waals surface area contributed by atoms with E-state index in [1.165, 1.54) is 18.4 Å². The second-order valence-corrected chi connectivity index (χ2v) is 4.46. The molecule has 1 saturated heterocycles. The van der Waals surface area contributed by atoms with E-state index in [-0.39, 0.29) is 19.0 Å². The fourth-order valence-electron chi connectivity index (χ4n) is 2.45. The van der Waals surface area contributed by atoms with Gasteiger partial charge in [0.1, 0.15) is 5.75 Å². The smallest absolute Gasteiger partial charge is 0.115 e. The molecule has 0 aliphatic carbocycles. The van der Waals surface area contributed by atoms with Crippen molar-refractivity contribution in [3.63, 3.8) is 0 Å². The summed E-state index contributed by atoms with van der Waals surface area (Å²) in [6.07, 6.45) is 2.34. The lowest BCUT2D eigenvalue weighted by atomic mass is 9.90. The van der Waals surface area contributed by atoms with Crippen LogP contribution in [-0.4, -0.2) is 41.4 Å². The van der Waals surface area contributed by atoms with E-state index in [1.807, 2.05) is 12.1 Å². The number of halogens is 1. The number of phenolic OH excluding ortho intramolecular Hbond substituents is 1. The van der Waals surface area contributed by atoms with E-state index in [9.17, 15) is 5.11 Å². The van der Waals surface area contributed by atoms with Crippen molar-refractivity contribution in [2.75, 3.05) is 26.2 Å². The van der Waals surface area contributed by atoms with Crippen LogP contribution in [0.4, 0.5) is 0 Å². The van der Waals surface area contributed by atoms with Gasteiger partial charge in [-0.25, -0.2) is 0 Å². The van der Waals surface area contributed by atoms with Crippen LogP contribution in [0.2, 0.25) is 0 Å². The molecule has 1 aromatic carbocycles. The van der Waals surface area contributed by atoms with Crippen molar-refractivity contribution >= 4 is 12.4 Å². The summed E-state index contributed by atoms with van der Waals surface area (Å²) in [6.45, 7) is 3.06. The Morgan fingerprint density at radius 1 is 1.35 bits per heavy atom. The Morgan fingerprint density at radius 2 is 2.18 bits per heavy atom. The quantitative estimate of drug-likeness (QED) is 0.870. The summed E-state index contributed by atoms with van der Waals surface area (Å²) in [7, 11) is 0. The first-order chi connectivity index (χ1) is 7.79. The van der Waals surface area contributed by atoms with Gasteiger partial charge in [0.15, 0.2) is 0 Å². The third kappa shape index (κ3) is 3.87. The second kappa shape index (κ2) is 6.84. The number of aliphatic hydroxyl groups is 1. The first kappa shape index (κ1) is 14.3. The zero-order chi connectivity index (χ0) is 11.4. The predicted molar refractivity (Wildman–Crippen MR) is 70.9 cm³/mol. The molecule has 0 aromatic heterocycles. The average Bonchev–Trinajstić information content (AvgIpc) is 2.30. The van der Waals surface area contributed by atoms with E-state index in [0.717, 1.165) is 19.6 Å². The highest BCUT2D eigenvalue weighted by Crippen LogP contribution is 2.28. The molecule has 0 saturated carbocycles. The van der Waals surface area contributed by atoms with Crippen LogP contribution >= 0.6 is 12.4 Å². The summed E-state index contributed by atoms with van der Waals surface area (Å²) in [5.74, 6) is 0.837. The first-order valence-electron chi connectivity index (χ1n) is 5.92. The van der Waals surface area contributed by atoms with E-state index in [2.05, 4.69) is 11.0 Å². The van der Waals surface area contributed by atoms with Crippen LogP contribution in [0, 0.1) is 0 Å². The molecule has 1 fully saturated rings. The van der Waals surface area contributed by atoms with Crippen LogP contribution in [0.3, 0.4) is 0 Å².